The van der Waals surface area contributed by atoms with Crippen molar-refractivity contribution in [3.8, 4) is 0 Å². The maximum atomic E-state index is 5.39. The predicted molar refractivity (Wildman–Crippen MR) is 103 cm³/mol. The second-order valence-electron chi connectivity index (χ2n) is 5.09. The molecule has 0 aromatic carbocycles. The van der Waals surface area contributed by atoms with Gasteiger partial charge in [-0.1, -0.05) is 0 Å². The van der Waals surface area contributed by atoms with Gasteiger partial charge in [0.05, 0.1) is 12.9 Å². The minimum Gasteiger partial charge on any atom is -0.469 e. The number of hydrogen-bond acceptors (Lipinski definition) is 4. The van der Waals surface area contributed by atoms with Crippen molar-refractivity contribution < 1.29 is 9.15 Å². The summed E-state index contributed by atoms with van der Waals surface area (Å²) >= 11 is 1.83. The Kier molecular flexibility index (Phi) is 10.8. The van der Waals surface area contributed by atoms with Crippen molar-refractivity contribution in [2.75, 3.05) is 44.9 Å². The largest absolute Gasteiger partial charge is 0.469 e. The van der Waals surface area contributed by atoms with Gasteiger partial charge in [0.15, 0.2) is 5.96 Å². The molecule has 0 amide bonds. The van der Waals surface area contributed by atoms with Gasteiger partial charge < -0.3 is 19.8 Å². The minimum atomic E-state index is 0. The average molecular weight is 439 g/mol. The SMILES string of the molecule is CSCCNC(=NCC1CCOC1)NCCc1ccco1.I. The maximum Gasteiger partial charge on any atom is 0.191 e. The zero-order chi connectivity index (χ0) is 14.8. The standard InChI is InChI=1S/C15H25N3O2S.HI/c1-21-10-7-17-15(18-11-13-5-9-19-12-13)16-6-4-14-3-2-8-20-14;/h2-3,8,13H,4-7,9-12H2,1H3,(H2,16,17,18);1H. The molecule has 0 saturated carbocycles. The molecule has 1 atom stereocenters. The lowest BCUT2D eigenvalue weighted by Gasteiger charge is -2.13. The van der Waals surface area contributed by atoms with Crippen molar-refractivity contribution in [3.05, 3.63) is 24.2 Å². The third-order valence-corrected chi connectivity index (χ3v) is 3.99. The minimum absolute atomic E-state index is 0. The number of guanidine groups is 1. The molecule has 1 aromatic rings. The molecule has 2 N–H and O–H groups in total. The number of thioether (sulfide) groups is 1. The molecule has 7 heteroatoms. The summed E-state index contributed by atoms with van der Waals surface area (Å²) < 4.78 is 10.7. The number of nitrogens with one attached hydrogen (secondary N) is 2. The molecule has 22 heavy (non-hydrogen) atoms. The number of ether oxygens (including phenoxy) is 1. The van der Waals surface area contributed by atoms with E-state index in [1.807, 2.05) is 23.9 Å². The van der Waals surface area contributed by atoms with Crippen LogP contribution in [0.4, 0.5) is 0 Å². The van der Waals surface area contributed by atoms with Crippen LogP contribution in [0.5, 0.6) is 0 Å². The Morgan fingerprint density at radius 1 is 1.41 bits per heavy atom. The van der Waals surface area contributed by atoms with Gasteiger partial charge in [-0.25, -0.2) is 0 Å². The number of aliphatic imine (C=N–C) groups is 1. The lowest BCUT2D eigenvalue weighted by atomic mass is 10.1. The van der Waals surface area contributed by atoms with E-state index < -0.39 is 0 Å². The van der Waals surface area contributed by atoms with Gasteiger partial charge in [-0.2, -0.15) is 11.8 Å². The van der Waals surface area contributed by atoms with E-state index in [1.165, 1.54) is 0 Å². The van der Waals surface area contributed by atoms with E-state index >= 15 is 0 Å². The molecule has 0 spiro atoms. The predicted octanol–water partition coefficient (Wildman–Crippen LogP) is 2.37. The fourth-order valence-corrected chi connectivity index (χ4v) is 2.46. The van der Waals surface area contributed by atoms with Crippen LogP contribution < -0.4 is 10.6 Å². The van der Waals surface area contributed by atoms with Crippen molar-refractivity contribution in [2.24, 2.45) is 10.9 Å². The van der Waals surface area contributed by atoms with Crippen molar-refractivity contribution in [3.63, 3.8) is 0 Å². The Morgan fingerprint density at radius 2 is 2.27 bits per heavy atom. The van der Waals surface area contributed by atoms with Crippen molar-refractivity contribution >= 4 is 41.7 Å². The van der Waals surface area contributed by atoms with Crippen LogP contribution in [0.15, 0.2) is 27.8 Å². The zero-order valence-corrected chi connectivity index (χ0v) is 16.2. The molecule has 126 valence electrons. The number of furan rings is 1. The number of hydrogen-bond donors (Lipinski definition) is 2. The number of nitrogens with zero attached hydrogens (tertiary/aromatic N) is 1. The third kappa shape index (κ3) is 7.73. The van der Waals surface area contributed by atoms with Gasteiger partial charge in [0, 0.05) is 44.3 Å². The van der Waals surface area contributed by atoms with Gasteiger partial charge in [0.1, 0.15) is 5.76 Å². The van der Waals surface area contributed by atoms with Crippen LogP contribution in [0.3, 0.4) is 0 Å². The van der Waals surface area contributed by atoms with Crippen LogP contribution in [0, 0.1) is 5.92 Å². The molecule has 1 saturated heterocycles. The first-order valence-electron chi connectivity index (χ1n) is 7.49. The third-order valence-electron chi connectivity index (χ3n) is 3.37. The summed E-state index contributed by atoms with van der Waals surface area (Å²) in [6.45, 7) is 4.29. The van der Waals surface area contributed by atoms with Gasteiger partial charge in [-0.3, -0.25) is 4.99 Å². The first kappa shape index (κ1) is 19.6. The molecule has 1 aliphatic rings. The van der Waals surface area contributed by atoms with E-state index in [0.717, 1.165) is 63.2 Å². The van der Waals surface area contributed by atoms with E-state index in [9.17, 15) is 0 Å². The zero-order valence-electron chi connectivity index (χ0n) is 13.0. The van der Waals surface area contributed by atoms with Gasteiger partial charge in [-0.05, 0) is 24.8 Å². The number of rotatable bonds is 8. The monoisotopic (exact) mass is 439 g/mol. The number of halogens is 1. The lowest BCUT2D eigenvalue weighted by molar-refractivity contribution is 0.187. The van der Waals surface area contributed by atoms with Crippen LogP contribution in [0.2, 0.25) is 0 Å². The van der Waals surface area contributed by atoms with Crippen LogP contribution in [-0.4, -0.2) is 50.8 Å². The van der Waals surface area contributed by atoms with Crippen molar-refractivity contribution in [1.29, 1.82) is 0 Å². The highest BCUT2D eigenvalue weighted by molar-refractivity contribution is 14.0. The quantitative estimate of drug-likeness (QED) is 0.282. The molecule has 2 heterocycles. The summed E-state index contributed by atoms with van der Waals surface area (Å²) in [5.41, 5.74) is 0. The van der Waals surface area contributed by atoms with Crippen molar-refractivity contribution in [2.45, 2.75) is 12.8 Å². The van der Waals surface area contributed by atoms with E-state index in [2.05, 4.69) is 21.9 Å². The summed E-state index contributed by atoms with van der Waals surface area (Å²) in [5.74, 6) is 3.53. The van der Waals surface area contributed by atoms with E-state index in [0.29, 0.717) is 5.92 Å². The highest BCUT2D eigenvalue weighted by Gasteiger charge is 2.15. The Bertz CT molecular complexity index is 409. The highest BCUT2D eigenvalue weighted by Crippen LogP contribution is 2.12. The topological polar surface area (TPSA) is 58.8 Å². The van der Waals surface area contributed by atoms with Crippen LogP contribution >= 0.6 is 35.7 Å². The maximum absolute atomic E-state index is 5.39. The molecule has 1 unspecified atom stereocenters. The normalized spacial score (nSPS) is 18.0. The molecule has 1 aliphatic heterocycles. The second-order valence-corrected chi connectivity index (χ2v) is 6.08. The molecule has 0 aliphatic carbocycles. The van der Waals surface area contributed by atoms with Crippen LogP contribution in [0.1, 0.15) is 12.2 Å². The van der Waals surface area contributed by atoms with Crippen molar-refractivity contribution in [1.82, 2.24) is 10.6 Å². The van der Waals surface area contributed by atoms with Gasteiger partial charge in [0.25, 0.3) is 0 Å². The van der Waals surface area contributed by atoms with E-state index in [1.54, 1.807) is 6.26 Å². The molecule has 0 radical (unpaired) electrons. The molecule has 1 fully saturated rings. The summed E-state index contributed by atoms with van der Waals surface area (Å²) in [5, 5.41) is 6.74. The molecule has 5 nitrogen and oxygen atoms in total. The molecule has 2 rings (SSSR count). The average Bonchev–Trinajstić information content (AvgIpc) is 3.18. The summed E-state index contributed by atoms with van der Waals surface area (Å²) in [6, 6.07) is 3.91. The molecular weight excluding hydrogens is 413 g/mol. The summed E-state index contributed by atoms with van der Waals surface area (Å²) in [6.07, 6.45) is 5.80. The van der Waals surface area contributed by atoms with E-state index in [4.69, 9.17) is 9.15 Å². The van der Waals surface area contributed by atoms with E-state index in [-0.39, 0.29) is 24.0 Å². The first-order chi connectivity index (χ1) is 10.4. The van der Waals surface area contributed by atoms with Crippen LogP contribution in [-0.2, 0) is 11.2 Å². The smallest absolute Gasteiger partial charge is 0.191 e. The Morgan fingerprint density at radius 3 is 2.95 bits per heavy atom. The summed E-state index contributed by atoms with van der Waals surface area (Å²) in [4.78, 5) is 4.67. The fraction of sp³-hybridized carbons (Fsp3) is 0.667. The highest BCUT2D eigenvalue weighted by atomic mass is 127. The molecule has 1 aromatic heterocycles. The Labute approximate surface area is 154 Å². The molecular formula is C15H26IN3O2S. The Hall–Kier alpha value is -0.410. The summed E-state index contributed by atoms with van der Waals surface area (Å²) in [7, 11) is 0. The van der Waals surface area contributed by atoms with Crippen LogP contribution in [0.25, 0.3) is 0 Å². The first-order valence-corrected chi connectivity index (χ1v) is 8.89. The molecule has 0 bridgehead atoms. The Balaban J connectivity index is 0.00000242. The fourth-order valence-electron chi connectivity index (χ4n) is 2.15. The second kappa shape index (κ2) is 12.1. The van der Waals surface area contributed by atoms with Gasteiger partial charge in [0.2, 0.25) is 0 Å². The van der Waals surface area contributed by atoms with Gasteiger partial charge in [-0.15, -0.1) is 24.0 Å². The van der Waals surface area contributed by atoms with Gasteiger partial charge >= 0.3 is 0 Å². The lowest BCUT2D eigenvalue weighted by Crippen LogP contribution is -2.39.